The number of piperidine rings is 1. The van der Waals surface area contributed by atoms with Gasteiger partial charge in [0.25, 0.3) is 5.91 Å². The summed E-state index contributed by atoms with van der Waals surface area (Å²) in [6.07, 6.45) is -3.51. The van der Waals surface area contributed by atoms with Gasteiger partial charge in [0.1, 0.15) is 11.1 Å². The van der Waals surface area contributed by atoms with Crippen LogP contribution in [0.2, 0.25) is 0 Å². The summed E-state index contributed by atoms with van der Waals surface area (Å²) in [5.74, 6) is -0.814. The Morgan fingerprint density at radius 2 is 2.04 bits per heavy atom. The molecule has 1 N–H and O–H groups in total. The number of aryl methyl sites for hydroxylation is 1. The average Bonchev–Trinajstić information content (AvgIpc) is 2.88. The van der Waals surface area contributed by atoms with Crippen LogP contribution in [-0.2, 0) is 7.05 Å². The van der Waals surface area contributed by atoms with Crippen LogP contribution in [0, 0.1) is 0 Å². The van der Waals surface area contributed by atoms with E-state index < -0.39 is 17.6 Å². The molecule has 0 aromatic carbocycles. The number of hydrogen-bond donors (Lipinski definition) is 1. The first-order chi connectivity index (χ1) is 10.7. The lowest BCUT2D eigenvalue weighted by Crippen LogP contribution is -2.63. The fourth-order valence-electron chi connectivity index (χ4n) is 2.79. The van der Waals surface area contributed by atoms with Crippen molar-refractivity contribution in [2.75, 3.05) is 26.7 Å². The molecule has 1 fully saturated rings. The summed E-state index contributed by atoms with van der Waals surface area (Å²) in [6, 6.07) is 0. The molecule has 1 aromatic rings. The number of hydrogen-bond acceptors (Lipinski definition) is 4. The number of carbonyl (C=O) groups excluding carboxylic acids is 1. The third-order valence-electron chi connectivity index (χ3n) is 4.29. The molecule has 1 aliphatic rings. The Kier molecular flexibility index (Phi) is 4.88. The van der Waals surface area contributed by atoms with E-state index in [1.54, 1.807) is 7.05 Å². The molecule has 2 heterocycles. The molecule has 9 heteroatoms. The SMILES string of the molecule is CCN1CCC(NC(=O)c2cn(C)nc2OC)(C(F)(F)F)CC1. The van der Waals surface area contributed by atoms with Crippen molar-refractivity contribution in [1.82, 2.24) is 20.0 Å². The van der Waals surface area contributed by atoms with Crippen LogP contribution in [0.1, 0.15) is 30.1 Å². The zero-order valence-corrected chi connectivity index (χ0v) is 13.4. The monoisotopic (exact) mass is 334 g/mol. The predicted molar refractivity (Wildman–Crippen MR) is 77.4 cm³/mol. The highest BCUT2D eigenvalue weighted by molar-refractivity contribution is 5.96. The molecule has 0 atom stereocenters. The van der Waals surface area contributed by atoms with Crippen molar-refractivity contribution in [2.45, 2.75) is 31.5 Å². The number of likely N-dealkylation sites (tertiary alicyclic amines) is 1. The molecule has 23 heavy (non-hydrogen) atoms. The number of aromatic nitrogens is 2. The molecule has 0 radical (unpaired) electrons. The van der Waals surface area contributed by atoms with Crippen LogP contribution in [0.5, 0.6) is 5.88 Å². The minimum absolute atomic E-state index is 0.00320. The summed E-state index contributed by atoms with van der Waals surface area (Å²) >= 11 is 0. The second kappa shape index (κ2) is 6.38. The smallest absolute Gasteiger partial charge is 0.411 e. The molecule has 2 rings (SSSR count). The standard InChI is InChI=1S/C14H21F3N4O2/c1-4-21-7-5-13(6-8-21,14(15,16)17)18-11(22)10-9-20(2)19-12(10)23-3/h9H,4-8H2,1-3H3,(H,18,22). The topological polar surface area (TPSA) is 59.4 Å². The lowest BCUT2D eigenvalue weighted by molar-refractivity contribution is -0.205. The number of halogens is 3. The Morgan fingerprint density at radius 1 is 1.43 bits per heavy atom. The van der Waals surface area contributed by atoms with Gasteiger partial charge in [-0.3, -0.25) is 9.48 Å². The van der Waals surface area contributed by atoms with E-state index in [9.17, 15) is 18.0 Å². The summed E-state index contributed by atoms with van der Waals surface area (Å²) < 4.78 is 47.1. The summed E-state index contributed by atoms with van der Waals surface area (Å²) in [4.78, 5) is 14.3. The number of ether oxygens (including phenoxy) is 1. The first-order valence-electron chi connectivity index (χ1n) is 7.41. The maximum Gasteiger partial charge on any atom is 0.411 e. The lowest BCUT2D eigenvalue weighted by Gasteiger charge is -2.43. The maximum absolute atomic E-state index is 13.6. The predicted octanol–water partition coefficient (Wildman–Crippen LogP) is 1.58. The van der Waals surface area contributed by atoms with Gasteiger partial charge in [0.05, 0.1) is 7.11 Å². The zero-order chi connectivity index (χ0) is 17.3. The van der Waals surface area contributed by atoms with E-state index in [2.05, 4.69) is 10.4 Å². The quantitative estimate of drug-likeness (QED) is 0.908. The second-order valence-electron chi connectivity index (χ2n) is 5.69. The molecule has 1 aromatic heterocycles. The van der Waals surface area contributed by atoms with Gasteiger partial charge in [-0.05, 0) is 19.4 Å². The van der Waals surface area contributed by atoms with Crippen molar-refractivity contribution >= 4 is 5.91 Å². The Morgan fingerprint density at radius 3 is 2.52 bits per heavy atom. The van der Waals surface area contributed by atoms with Crippen molar-refractivity contribution in [3.63, 3.8) is 0 Å². The Balaban J connectivity index is 2.23. The van der Waals surface area contributed by atoms with Crippen LogP contribution in [-0.4, -0.2) is 59.0 Å². The molecule has 0 aliphatic carbocycles. The molecule has 0 unspecified atom stereocenters. The highest BCUT2D eigenvalue weighted by Crippen LogP contribution is 2.39. The Hall–Kier alpha value is -1.77. The largest absolute Gasteiger partial charge is 0.479 e. The molecule has 1 aliphatic heterocycles. The van der Waals surface area contributed by atoms with Gasteiger partial charge in [0.15, 0.2) is 0 Å². The minimum atomic E-state index is -4.52. The third kappa shape index (κ3) is 3.44. The number of alkyl halides is 3. The van der Waals surface area contributed by atoms with Crippen molar-refractivity contribution < 1.29 is 22.7 Å². The number of nitrogens with one attached hydrogen (secondary N) is 1. The van der Waals surface area contributed by atoms with Gasteiger partial charge in [0.2, 0.25) is 5.88 Å². The van der Waals surface area contributed by atoms with Crippen molar-refractivity contribution in [3.8, 4) is 5.88 Å². The fraction of sp³-hybridized carbons (Fsp3) is 0.714. The first-order valence-corrected chi connectivity index (χ1v) is 7.41. The summed E-state index contributed by atoms with van der Waals surface area (Å²) in [5, 5.41) is 6.10. The van der Waals surface area contributed by atoms with Crippen LogP contribution in [0.15, 0.2) is 6.20 Å². The van der Waals surface area contributed by atoms with Crippen molar-refractivity contribution in [2.24, 2.45) is 7.05 Å². The van der Waals surface area contributed by atoms with Gasteiger partial charge in [-0.1, -0.05) is 6.92 Å². The van der Waals surface area contributed by atoms with Crippen LogP contribution in [0.4, 0.5) is 13.2 Å². The van der Waals surface area contributed by atoms with E-state index in [1.807, 2.05) is 11.8 Å². The first kappa shape index (κ1) is 17.6. The number of rotatable bonds is 4. The van der Waals surface area contributed by atoms with E-state index in [-0.39, 0.29) is 24.3 Å². The lowest BCUT2D eigenvalue weighted by atomic mass is 9.86. The molecule has 0 bridgehead atoms. The zero-order valence-electron chi connectivity index (χ0n) is 13.4. The van der Waals surface area contributed by atoms with Crippen molar-refractivity contribution in [3.05, 3.63) is 11.8 Å². The molecule has 130 valence electrons. The number of carbonyl (C=O) groups is 1. The second-order valence-corrected chi connectivity index (χ2v) is 5.69. The fourth-order valence-corrected chi connectivity index (χ4v) is 2.79. The van der Waals surface area contributed by atoms with Gasteiger partial charge in [0, 0.05) is 26.3 Å². The highest BCUT2D eigenvalue weighted by Gasteiger charge is 2.56. The van der Waals surface area contributed by atoms with Crippen LogP contribution >= 0.6 is 0 Å². The molecule has 0 spiro atoms. The van der Waals surface area contributed by atoms with Gasteiger partial charge in [-0.25, -0.2) is 0 Å². The van der Waals surface area contributed by atoms with E-state index >= 15 is 0 Å². The van der Waals surface area contributed by atoms with Crippen LogP contribution in [0.25, 0.3) is 0 Å². The molecular weight excluding hydrogens is 313 g/mol. The van der Waals surface area contributed by atoms with Gasteiger partial charge in [-0.2, -0.15) is 13.2 Å². The average molecular weight is 334 g/mol. The summed E-state index contributed by atoms with van der Waals surface area (Å²) in [7, 11) is 2.89. The van der Waals surface area contributed by atoms with E-state index in [1.165, 1.54) is 18.0 Å². The molecular formula is C14H21F3N4O2. The minimum Gasteiger partial charge on any atom is -0.479 e. The summed E-state index contributed by atoms with van der Waals surface area (Å²) in [6.45, 7) is 3.18. The third-order valence-corrected chi connectivity index (χ3v) is 4.29. The van der Waals surface area contributed by atoms with Gasteiger partial charge in [-0.15, -0.1) is 5.10 Å². The number of methoxy groups -OCH3 is 1. The molecule has 1 amide bonds. The van der Waals surface area contributed by atoms with E-state index in [0.717, 1.165) is 0 Å². The van der Waals surface area contributed by atoms with Gasteiger partial charge < -0.3 is 15.0 Å². The highest BCUT2D eigenvalue weighted by atomic mass is 19.4. The number of nitrogens with zero attached hydrogens (tertiary/aromatic N) is 3. The Labute approximate surface area is 132 Å². The van der Waals surface area contributed by atoms with E-state index in [4.69, 9.17) is 4.74 Å². The number of amides is 1. The Bertz CT molecular complexity index is 563. The van der Waals surface area contributed by atoms with E-state index in [0.29, 0.717) is 19.6 Å². The molecule has 0 saturated carbocycles. The summed E-state index contributed by atoms with van der Waals surface area (Å²) in [5.41, 5.74) is -2.21. The maximum atomic E-state index is 13.6. The molecule has 6 nitrogen and oxygen atoms in total. The van der Waals surface area contributed by atoms with Gasteiger partial charge >= 0.3 is 6.18 Å². The van der Waals surface area contributed by atoms with Crippen LogP contribution < -0.4 is 10.1 Å². The normalized spacial score (nSPS) is 18.7. The van der Waals surface area contributed by atoms with Crippen molar-refractivity contribution in [1.29, 1.82) is 0 Å². The van der Waals surface area contributed by atoms with Crippen LogP contribution in [0.3, 0.4) is 0 Å². The molecule has 1 saturated heterocycles.